The van der Waals surface area contributed by atoms with Crippen LogP contribution in [0.4, 0.5) is 0 Å². The van der Waals surface area contributed by atoms with Gasteiger partial charge in [-0.2, -0.15) is 0 Å². The van der Waals surface area contributed by atoms with E-state index in [1.54, 1.807) is 0 Å². The van der Waals surface area contributed by atoms with Crippen molar-refractivity contribution in [1.29, 1.82) is 0 Å². The number of aromatic nitrogens is 2. The monoisotopic (exact) mass is 173 g/mol. The van der Waals surface area contributed by atoms with E-state index in [4.69, 9.17) is 0 Å². The molecular weight excluding hydrogens is 160 g/mol. The van der Waals surface area contributed by atoms with Gasteiger partial charge in [-0.1, -0.05) is 0 Å². The summed E-state index contributed by atoms with van der Waals surface area (Å²) in [6.07, 6.45) is 8.20. The van der Waals surface area contributed by atoms with E-state index in [1.165, 1.54) is 0 Å². The van der Waals surface area contributed by atoms with E-state index in [0.29, 0.717) is 0 Å². The Labute approximate surface area is 78.4 Å². The smallest absolute Gasteiger partial charge is 0.0510 e. The van der Waals surface area contributed by atoms with Crippen molar-refractivity contribution in [2.75, 3.05) is 0 Å². The standard InChI is InChI=1S/C11H13N2/c1-11(13-8-4-5-9-13)10-12-6-2-3-7-12/h2-9,11H,1,10H2. The highest BCUT2D eigenvalue weighted by molar-refractivity contribution is 4.96. The van der Waals surface area contributed by atoms with Gasteiger partial charge in [0.05, 0.1) is 6.04 Å². The normalized spacial score (nSPS) is 13.0. The van der Waals surface area contributed by atoms with E-state index in [-0.39, 0.29) is 6.04 Å². The lowest BCUT2D eigenvalue weighted by atomic mass is 10.3. The summed E-state index contributed by atoms with van der Waals surface area (Å²) in [4.78, 5) is 0. The molecule has 1 unspecified atom stereocenters. The van der Waals surface area contributed by atoms with Crippen LogP contribution in [0.25, 0.3) is 0 Å². The minimum atomic E-state index is 0.266. The molecular formula is C11H13N2. The van der Waals surface area contributed by atoms with Crippen molar-refractivity contribution in [3.63, 3.8) is 0 Å². The molecule has 0 fully saturated rings. The second-order valence-corrected chi connectivity index (χ2v) is 3.16. The van der Waals surface area contributed by atoms with Crippen LogP contribution in [0.15, 0.2) is 49.1 Å². The van der Waals surface area contributed by atoms with Gasteiger partial charge in [0.1, 0.15) is 0 Å². The molecule has 1 atom stereocenters. The Bertz CT molecular complexity index is 332. The van der Waals surface area contributed by atoms with Crippen LogP contribution < -0.4 is 0 Å². The maximum Gasteiger partial charge on any atom is 0.0510 e. The molecule has 0 aliphatic carbocycles. The van der Waals surface area contributed by atoms with Crippen molar-refractivity contribution in [2.45, 2.75) is 12.6 Å². The maximum atomic E-state index is 4.10. The molecule has 0 saturated heterocycles. The Morgan fingerprint density at radius 3 is 2.08 bits per heavy atom. The van der Waals surface area contributed by atoms with Gasteiger partial charge in [0.25, 0.3) is 0 Å². The minimum Gasteiger partial charge on any atom is -0.352 e. The topological polar surface area (TPSA) is 9.86 Å². The molecule has 0 aromatic carbocycles. The molecule has 2 heterocycles. The van der Waals surface area contributed by atoms with Gasteiger partial charge in [-0.15, -0.1) is 0 Å². The zero-order valence-electron chi connectivity index (χ0n) is 7.50. The zero-order valence-corrected chi connectivity index (χ0v) is 7.50. The molecule has 0 amide bonds. The second-order valence-electron chi connectivity index (χ2n) is 3.16. The molecule has 2 aromatic heterocycles. The summed E-state index contributed by atoms with van der Waals surface area (Å²) >= 11 is 0. The first-order valence-corrected chi connectivity index (χ1v) is 4.42. The van der Waals surface area contributed by atoms with Crippen LogP contribution >= 0.6 is 0 Å². The summed E-state index contributed by atoms with van der Waals surface area (Å²) in [5, 5.41) is 0. The largest absolute Gasteiger partial charge is 0.352 e. The molecule has 0 aliphatic heterocycles. The van der Waals surface area contributed by atoms with Crippen molar-refractivity contribution >= 4 is 0 Å². The third kappa shape index (κ3) is 1.83. The number of hydrogen-bond acceptors (Lipinski definition) is 0. The van der Waals surface area contributed by atoms with Crippen LogP contribution in [0.3, 0.4) is 0 Å². The maximum absolute atomic E-state index is 4.10. The van der Waals surface area contributed by atoms with Gasteiger partial charge in [0.15, 0.2) is 0 Å². The first-order chi connectivity index (χ1) is 6.36. The van der Waals surface area contributed by atoms with Crippen molar-refractivity contribution in [3.8, 4) is 0 Å². The van der Waals surface area contributed by atoms with Crippen LogP contribution in [0.2, 0.25) is 0 Å². The molecule has 13 heavy (non-hydrogen) atoms. The molecule has 2 nitrogen and oxygen atoms in total. The SMILES string of the molecule is [CH2]C(Cn1cccc1)n1cccc1. The Morgan fingerprint density at radius 1 is 0.923 bits per heavy atom. The van der Waals surface area contributed by atoms with Crippen LogP contribution in [0, 0.1) is 6.92 Å². The average molecular weight is 173 g/mol. The van der Waals surface area contributed by atoms with Crippen LogP contribution in [-0.2, 0) is 6.54 Å². The molecule has 2 heteroatoms. The lowest BCUT2D eigenvalue weighted by Gasteiger charge is -2.14. The summed E-state index contributed by atoms with van der Waals surface area (Å²) in [6, 6.07) is 8.37. The lowest BCUT2D eigenvalue weighted by molar-refractivity contribution is 0.507. The first-order valence-electron chi connectivity index (χ1n) is 4.42. The highest BCUT2D eigenvalue weighted by Gasteiger charge is 2.02. The molecule has 2 rings (SSSR count). The van der Waals surface area contributed by atoms with Gasteiger partial charge in [0.2, 0.25) is 0 Å². The van der Waals surface area contributed by atoms with Crippen LogP contribution in [0.5, 0.6) is 0 Å². The zero-order chi connectivity index (χ0) is 9.10. The first kappa shape index (κ1) is 8.17. The van der Waals surface area contributed by atoms with Crippen LogP contribution in [-0.4, -0.2) is 9.13 Å². The predicted octanol–water partition coefficient (Wildman–Crippen LogP) is 2.36. The molecule has 0 saturated carbocycles. The Hall–Kier alpha value is -1.44. The predicted molar refractivity (Wildman–Crippen MR) is 53.3 cm³/mol. The highest BCUT2D eigenvalue weighted by Crippen LogP contribution is 2.08. The minimum absolute atomic E-state index is 0.266. The molecule has 0 N–H and O–H groups in total. The van der Waals surface area contributed by atoms with Gasteiger partial charge in [-0.3, -0.25) is 0 Å². The Balaban J connectivity index is 2.04. The molecule has 67 valence electrons. The van der Waals surface area contributed by atoms with Crippen molar-refractivity contribution < 1.29 is 0 Å². The second kappa shape index (κ2) is 3.52. The van der Waals surface area contributed by atoms with Crippen molar-refractivity contribution in [2.24, 2.45) is 0 Å². The summed E-state index contributed by atoms with van der Waals surface area (Å²) in [5.74, 6) is 0. The molecule has 0 bridgehead atoms. The summed E-state index contributed by atoms with van der Waals surface area (Å²) in [6.45, 7) is 5.02. The van der Waals surface area contributed by atoms with E-state index >= 15 is 0 Å². The van der Waals surface area contributed by atoms with E-state index in [1.807, 2.05) is 36.7 Å². The number of nitrogens with zero attached hydrogens (tertiary/aromatic N) is 2. The lowest BCUT2D eigenvalue weighted by Crippen LogP contribution is -2.10. The number of hydrogen-bond donors (Lipinski definition) is 0. The van der Waals surface area contributed by atoms with E-state index in [2.05, 4.69) is 28.5 Å². The van der Waals surface area contributed by atoms with E-state index in [9.17, 15) is 0 Å². The van der Waals surface area contributed by atoms with Gasteiger partial charge in [-0.25, -0.2) is 0 Å². The van der Waals surface area contributed by atoms with Gasteiger partial charge in [0, 0.05) is 31.3 Å². The van der Waals surface area contributed by atoms with E-state index < -0.39 is 0 Å². The quantitative estimate of drug-likeness (QED) is 0.674. The van der Waals surface area contributed by atoms with Crippen molar-refractivity contribution in [1.82, 2.24) is 9.13 Å². The molecule has 1 radical (unpaired) electrons. The third-order valence-corrected chi connectivity index (χ3v) is 2.14. The summed E-state index contributed by atoms with van der Waals surface area (Å²) < 4.78 is 4.25. The summed E-state index contributed by atoms with van der Waals surface area (Å²) in [7, 11) is 0. The Kier molecular flexibility index (Phi) is 2.21. The fourth-order valence-corrected chi connectivity index (χ4v) is 1.42. The fourth-order valence-electron chi connectivity index (χ4n) is 1.42. The van der Waals surface area contributed by atoms with Crippen LogP contribution in [0.1, 0.15) is 6.04 Å². The fraction of sp³-hybridized carbons (Fsp3) is 0.182. The highest BCUT2D eigenvalue weighted by atomic mass is 15.0. The van der Waals surface area contributed by atoms with Crippen molar-refractivity contribution in [3.05, 3.63) is 56.0 Å². The van der Waals surface area contributed by atoms with Gasteiger partial charge < -0.3 is 9.13 Å². The Morgan fingerprint density at radius 2 is 1.46 bits per heavy atom. The molecule has 0 spiro atoms. The average Bonchev–Trinajstić information content (AvgIpc) is 2.74. The third-order valence-electron chi connectivity index (χ3n) is 2.14. The number of rotatable bonds is 3. The van der Waals surface area contributed by atoms with Gasteiger partial charge in [-0.05, 0) is 31.2 Å². The summed E-state index contributed by atoms with van der Waals surface area (Å²) in [5.41, 5.74) is 0. The molecule has 0 aliphatic rings. The molecule has 2 aromatic rings. The van der Waals surface area contributed by atoms with E-state index in [0.717, 1.165) is 6.54 Å². The van der Waals surface area contributed by atoms with Gasteiger partial charge >= 0.3 is 0 Å².